The molecule has 4 unspecified atom stereocenters. The summed E-state index contributed by atoms with van der Waals surface area (Å²) in [4.78, 5) is 37.5. The zero-order valence-corrected chi connectivity index (χ0v) is 25.8. The fourth-order valence-electron chi connectivity index (χ4n) is 5.53. The molecule has 2 aromatic carbocycles. The largest absolute Gasteiger partial charge is 0.480 e. The van der Waals surface area contributed by atoms with Gasteiger partial charge in [-0.25, -0.2) is 4.79 Å². The predicted octanol–water partition coefficient (Wildman–Crippen LogP) is 6.33. The van der Waals surface area contributed by atoms with Crippen molar-refractivity contribution in [3.05, 3.63) is 71.3 Å². The van der Waals surface area contributed by atoms with Crippen LogP contribution in [0.25, 0.3) is 0 Å². The fourth-order valence-corrected chi connectivity index (χ4v) is 8.34. The first-order valence-electron chi connectivity index (χ1n) is 14.3. The summed E-state index contributed by atoms with van der Waals surface area (Å²) in [6.07, 6.45) is 4.82. The molecule has 40 heavy (non-hydrogen) atoms. The van der Waals surface area contributed by atoms with E-state index in [4.69, 9.17) is 5.73 Å². The second kappa shape index (κ2) is 15.6. The molecule has 4 rings (SSSR count). The van der Waals surface area contributed by atoms with Crippen molar-refractivity contribution in [1.82, 2.24) is 4.90 Å². The maximum atomic E-state index is 12.6. The molecule has 0 spiro atoms. The second-order valence-electron chi connectivity index (χ2n) is 11.4. The van der Waals surface area contributed by atoms with Crippen LogP contribution in [0.3, 0.4) is 0 Å². The zero-order valence-electron chi connectivity index (χ0n) is 24.1. The average Bonchev–Trinajstić information content (AvgIpc) is 3.02. The number of carboxylic acids is 1. The van der Waals surface area contributed by atoms with Crippen LogP contribution in [0.5, 0.6) is 0 Å². The minimum atomic E-state index is -0.880. The highest BCUT2D eigenvalue weighted by atomic mass is 33.1. The van der Waals surface area contributed by atoms with Gasteiger partial charge in [0.05, 0.1) is 11.3 Å². The van der Waals surface area contributed by atoms with E-state index >= 15 is 0 Å². The summed E-state index contributed by atoms with van der Waals surface area (Å²) in [7, 11) is 3.40. The molecular weight excluding hydrogens is 540 g/mol. The number of benzene rings is 2. The maximum Gasteiger partial charge on any atom is 0.326 e. The van der Waals surface area contributed by atoms with E-state index in [1.165, 1.54) is 11.1 Å². The molecule has 8 heteroatoms. The van der Waals surface area contributed by atoms with Crippen LogP contribution in [0, 0.1) is 11.8 Å². The van der Waals surface area contributed by atoms with Gasteiger partial charge in [0.15, 0.2) is 0 Å². The quantitative estimate of drug-likeness (QED) is 0.315. The Hall–Kier alpha value is -2.29. The minimum Gasteiger partial charge on any atom is -0.480 e. The molecule has 6 nitrogen and oxygen atoms in total. The SMILES string of the molecule is CC(=O)[C@H](Cc1ccccc1)SSCC(N)CC(C)C.CC1Cc2ccccc2C2CCCC(C(=O)O)N2C1=O. The number of hydrogen-bond acceptors (Lipinski definition) is 6. The van der Waals surface area contributed by atoms with Crippen molar-refractivity contribution in [2.75, 3.05) is 5.75 Å². The Kier molecular flexibility index (Phi) is 12.6. The molecule has 0 saturated carbocycles. The number of nitrogens with zero attached hydrogens (tertiary/aromatic N) is 1. The molecule has 1 fully saturated rings. The van der Waals surface area contributed by atoms with Crippen LogP contribution in [0.4, 0.5) is 0 Å². The molecule has 2 aliphatic heterocycles. The summed E-state index contributed by atoms with van der Waals surface area (Å²) in [6.45, 7) is 7.95. The van der Waals surface area contributed by atoms with Gasteiger partial charge in [-0.2, -0.15) is 0 Å². The highest BCUT2D eigenvalue weighted by Crippen LogP contribution is 2.40. The Bertz CT molecular complexity index is 1130. The Morgan fingerprint density at radius 2 is 1.75 bits per heavy atom. The molecule has 0 aromatic heterocycles. The summed E-state index contributed by atoms with van der Waals surface area (Å²) in [5.41, 5.74) is 9.61. The molecule has 2 heterocycles. The fraction of sp³-hybridized carbons (Fsp3) is 0.531. The first-order chi connectivity index (χ1) is 19.1. The number of carbonyl (C=O) groups is 3. The smallest absolute Gasteiger partial charge is 0.326 e. The van der Waals surface area contributed by atoms with Gasteiger partial charge < -0.3 is 15.7 Å². The van der Waals surface area contributed by atoms with Crippen molar-refractivity contribution in [2.45, 2.75) is 89.6 Å². The van der Waals surface area contributed by atoms with Crippen LogP contribution < -0.4 is 5.73 Å². The van der Waals surface area contributed by atoms with Gasteiger partial charge in [0.2, 0.25) is 5.91 Å². The molecule has 0 aliphatic carbocycles. The molecule has 0 bridgehead atoms. The van der Waals surface area contributed by atoms with Gasteiger partial charge in [0.25, 0.3) is 0 Å². The third kappa shape index (κ3) is 9.11. The van der Waals surface area contributed by atoms with E-state index in [0.717, 1.165) is 37.0 Å². The molecular formula is C32H44N2O4S2. The molecule has 3 N–H and O–H groups in total. The van der Waals surface area contributed by atoms with Gasteiger partial charge >= 0.3 is 5.97 Å². The number of ketones is 1. The number of hydrogen-bond donors (Lipinski definition) is 2. The Labute approximate surface area is 247 Å². The second-order valence-corrected chi connectivity index (χ2v) is 14.0. The number of carbonyl (C=O) groups excluding carboxylic acids is 2. The van der Waals surface area contributed by atoms with Crippen LogP contribution in [-0.2, 0) is 27.2 Å². The first-order valence-corrected chi connectivity index (χ1v) is 16.7. The average molecular weight is 585 g/mol. The lowest BCUT2D eigenvalue weighted by atomic mass is 9.89. The highest BCUT2D eigenvalue weighted by molar-refractivity contribution is 8.77. The number of aliphatic carboxylic acids is 1. The lowest BCUT2D eigenvalue weighted by molar-refractivity contribution is -0.156. The van der Waals surface area contributed by atoms with E-state index < -0.39 is 12.0 Å². The summed E-state index contributed by atoms with van der Waals surface area (Å²) < 4.78 is 0. The number of Topliss-reactive ketones (excluding diaryl/α,β-unsaturated/α-hetero) is 1. The number of nitrogens with two attached hydrogens (primary N) is 1. The molecule has 2 aliphatic rings. The van der Waals surface area contributed by atoms with Crippen LogP contribution in [-0.4, -0.2) is 50.8 Å². The Morgan fingerprint density at radius 3 is 2.40 bits per heavy atom. The van der Waals surface area contributed by atoms with Crippen molar-refractivity contribution >= 4 is 39.2 Å². The summed E-state index contributed by atoms with van der Waals surface area (Å²) in [5.74, 6) is 0.725. The monoisotopic (exact) mass is 584 g/mol. The standard InChI is InChI=1S/C16H19NO3.C16H25NOS2/c1-10-9-11-5-2-3-6-12(11)13-7-4-8-14(16(19)20)17(13)15(10)18;1-12(2)9-15(17)11-19-20-16(13(3)18)10-14-7-5-4-6-8-14/h2-3,5-6,10,13-14H,4,7-9H2,1H3,(H,19,20);4-8,12,15-16H,9-11,17H2,1-3H3/t;15?,16-/m.0/s1. The minimum absolute atomic E-state index is 0.0155. The predicted molar refractivity (Wildman–Crippen MR) is 166 cm³/mol. The van der Waals surface area contributed by atoms with Crippen molar-refractivity contribution in [3.63, 3.8) is 0 Å². The lowest BCUT2D eigenvalue weighted by Gasteiger charge is -2.40. The molecule has 0 radical (unpaired) electrons. The van der Waals surface area contributed by atoms with Gasteiger partial charge in [-0.3, -0.25) is 9.59 Å². The van der Waals surface area contributed by atoms with E-state index in [9.17, 15) is 19.5 Å². The van der Waals surface area contributed by atoms with Crippen molar-refractivity contribution in [3.8, 4) is 0 Å². The van der Waals surface area contributed by atoms with Crippen LogP contribution in [0.1, 0.15) is 76.1 Å². The molecule has 1 amide bonds. The molecule has 218 valence electrons. The normalized spacial score (nSPS) is 21.8. The van der Waals surface area contributed by atoms with E-state index in [0.29, 0.717) is 18.8 Å². The van der Waals surface area contributed by atoms with Crippen molar-refractivity contribution < 1.29 is 19.5 Å². The van der Waals surface area contributed by atoms with E-state index in [-0.39, 0.29) is 34.9 Å². The van der Waals surface area contributed by atoms with Crippen LogP contribution >= 0.6 is 21.6 Å². The number of piperidine rings is 1. The lowest BCUT2D eigenvalue weighted by Crippen LogP contribution is -2.50. The van der Waals surface area contributed by atoms with Crippen LogP contribution in [0.2, 0.25) is 0 Å². The van der Waals surface area contributed by atoms with E-state index in [1.807, 2.05) is 43.3 Å². The van der Waals surface area contributed by atoms with E-state index in [1.54, 1.807) is 33.4 Å². The number of rotatable bonds is 10. The maximum absolute atomic E-state index is 12.6. The van der Waals surface area contributed by atoms with Gasteiger partial charge in [-0.15, -0.1) is 0 Å². The van der Waals surface area contributed by atoms with Gasteiger partial charge in [-0.1, -0.05) is 97.0 Å². The third-order valence-electron chi connectivity index (χ3n) is 7.49. The van der Waals surface area contributed by atoms with E-state index in [2.05, 4.69) is 32.0 Å². The third-order valence-corrected chi connectivity index (χ3v) is 10.4. The van der Waals surface area contributed by atoms with Crippen molar-refractivity contribution in [1.29, 1.82) is 0 Å². The molecule has 5 atom stereocenters. The Morgan fingerprint density at radius 1 is 1.07 bits per heavy atom. The zero-order chi connectivity index (χ0) is 29.2. The summed E-state index contributed by atoms with van der Waals surface area (Å²) in [5, 5.41) is 9.45. The Balaban J connectivity index is 0.000000220. The van der Waals surface area contributed by atoms with Crippen molar-refractivity contribution in [2.24, 2.45) is 17.6 Å². The van der Waals surface area contributed by atoms with Gasteiger partial charge in [0.1, 0.15) is 11.8 Å². The first kappa shape index (κ1) is 32.2. The number of amides is 1. The number of fused-ring (bicyclic) bond motifs is 3. The number of carboxylic acid groups (broad SMARTS) is 1. The summed E-state index contributed by atoms with van der Waals surface area (Å²) in [6, 6.07) is 17.7. The summed E-state index contributed by atoms with van der Waals surface area (Å²) >= 11 is 0. The topological polar surface area (TPSA) is 101 Å². The van der Waals surface area contributed by atoms with Gasteiger partial charge in [-0.05, 0) is 68.1 Å². The van der Waals surface area contributed by atoms with Gasteiger partial charge in [0, 0.05) is 17.7 Å². The van der Waals surface area contributed by atoms with Crippen LogP contribution in [0.15, 0.2) is 54.6 Å². The highest BCUT2D eigenvalue weighted by Gasteiger charge is 2.42. The molecule has 2 aromatic rings. The molecule has 1 saturated heterocycles.